The smallest absolute Gasteiger partial charge is 0.302 e. The van der Waals surface area contributed by atoms with Crippen LogP contribution in [0.4, 0.5) is 0 Å². The molecule has 4 rings (SSSR count). The summed E-state index contributed by atoms with van der Waals surface area (Å²) in [6.07, 6.45) is -9.30. The number of carbonyl (C=O) groups excluding carboxylic acids is 1. The number of ether oxygens (including phenoxy) is 5. The van der Waals surface area contributed by atoms with Gasteiger partial charge >= 0.3 is 5.97 Å². The zero-order valence-electron chi connectivity index (χ0n) is 24.9. The lowest BCUT2D eigenvalue weighted by molar-refractivity contribution is -0.368. The van der Waals surface area contributed by atoms with E-state index in [0.717, 1.165) is 45.4 Å². The van der Waals surface area contributed by atoms with Crippen LogP contribution in [0, 0.1) is 22.7 Å². The predicted octanol–water partition coefficient (Wildman–Crippen LogP) is -0.808. The summed E-state index contributed by atoms with van der Waals surface area (Å²) in [5, 5.41) is 72.8. The third-order valence-electron chi connectivity index (χ3n) is 10.6. The molecule has 15 atom stereocenters. The van der Waals surface area contributed by atoms with Gasteiger partial charge in [-0.1, -0.05) is 27.2 Å². The van der Waals surface area contributed by atoms with Crippen LogP contribution in [0.15, 0.2) is 0 Å². The largest absolute Gasteiger partial charge is 0.463 e. The molecule has 4 fully saturated rings. The Labute approximate surface area is 246 Å². The molecule has 13 nitrogen and oxygen atoms in total. The molecule has 2 heterocycles. The normalized spacial score (nSPS) is 47.9. The van der Waals surface area contributed by atoms with Crippen molar-refractivity contribution in [3.05, 3.63) is 0 Å². The summed E-state index contributed by atoms with van der Waals surface area (Å²) in [5.74, 6) is -0.0309. The Hall–Kier alpha value is -0.970. The first-order valence-electron chi connectivity index (χ1n) is 15.1. The minimum atomic E-state index is -1.75. The van der Waals surface area contributed by atoms with Gasteiger partial charge < -0.3 is 59.4 Å². The van der Waals surface area contributed by atoms with Gasteiger partial charge in [-0.25, -0.2) is 0 Å². The highest BCUT2D eigenvalue weighted by molar-refractivity contribution is 5.65. The van der Waals surface area contributed by atoms with Gasteiger partial charge in [0.15, 0.2) is 12.6 Å². The van der Waals surface area contributed by atoms with Crippen molar-refractivity contribution < 1.29 is 64.2 Å². The number of aliphatic hydroxyl groups excluding tert-OH is 7. The molecule has 2 aliphatic carbocycles. The number of esters is 1. The van der Waals surface area contributed by atoms with E-state index in [-0.39, 0.29) is 29.5 Å². The van der Waals surface area contributed by atoms with Crippen molar-refractivity contribution in [2.75, 3.05) is 19.8 Å². The van der Waals surface area contributed by atoms with Gasteiger partial charge in [-0.05, 0) is 54.8 Å². The van der Waals surface area contributed by atoms with E-state index in [2.05, 4.69) is 13.8 Å². The van der Waals surface area contributed by atoms with Crippen molar-refractivity contribution >= 4 is 5.97 Å². The molecule has 7 N–H and O–H groups in total. The second-order valence-corrected chi connectivity index (χ2v) is 13.3. The van der Waals surface area contributed by atoms with Crippen LogP contribution in [0.2, 0.25) is 0 Å². The average Bonchev–Trinajstić information content (AvgIpc) is 3.29. The van der Waals surface area contributed by atoms with Gasteiger partial charge in [0.1, 0.15) is 55.4 Å². The lowest BCUT2D eigenvalue weighted by atomic mass is 9.66. The number of fused-ring (bicyclic) bond motifs is 2. The minimum absolute atomic E-state index is 0.0548. The molecular weight excluding hydrogens is 556 g/mol. The summed E-state index contributed by atoms with van der Waals surface area (Å²) in [6.45, 7) is 6.88. The quantitative estimate of drug-likeness (QED) is 0.136. The van der Waals surface area contributed by atoms with E-state index in [1.54, 1.807) is 0 Å². The number of hydrogen-bond acceptors (Lipinski definition) is 13. The summed E-state index contributed by atoms with van der Waals surface area (Å²) >= 11 is 0. The summed E-state index contributed by atoms with van der Waals surface area (Å²) < 4.78 is 27.9. The van der Waals surface area contributed by atoms with E-state index >= 15 is 0 Å². The minimum Gasteiger partial charge on any atom is -0.463 e. The molecular formula is C29H50O13. The van der Waals surface area contributed by atoms with E-state index in [0.29, 0.717) is 5.92 Å². The third-order valence-corrected chi connectivity index (χ3v) is 10.6. The SMILES string of the molecule is CC(=O)OC[C@H]1O[C@@H](O[C@H]2[C@H](OC[C@H](C)CCC[C@]3(C)[C@H]4CC[C@]3(C)[C@H](O)C4)O[C@H](CO)[C@@H](O)[C@@H]2O)[C@H](O)[C@@H](O)[C@@H]1O. The molecule has 2 saturated carbocycles. The number of rotatable bonds is 12. The molecule has 0 aromatic carbocycles. The Morgan fingerprint density at radius 1 is 0.952 bits per heavy atom. The molecule has 0 amide bonds. The van der Waals surface area contributed by atoms with Crippen molar-refractivity contribution in [1.29, 1.82) is 0 Å². The van der Waals surface area contributed by atoms with Gasteiger partial charge in [0.25, 0.3) is 0 Å². The number of carbonyl (C=O) groups is 1. The Morgan fingerprint density at radius 2 is 1.62 bits per heavy atom. The molecule has 0 aromatic rings. The van der Waals surface area contributed by atoms with Gasteiger partial charge in [-0.3, -0.25) is 4.79 Å². The van der Waals surface area contributed by atoms with Crippen LogP contribution in [0.25, 0.3) is 0 Å². The van der Waals surface area contributed by atoms with E-state index < -0.39 is 80.6 Å². The fourth-order valence-corrected chi connectivity index (χ4v) is 7.51. The third kappa shape index (κ3) is 6.52. The van der Waals surface area contributed by atoms with Gasteiger partial charge in [-0.15, -0.1) is 0 Å². The van der Waals surface area contributed by atoms with Crippen LogP contribution in [-0.2, 0) is 28.5 Å². The van der Waals surface area contributed by atoms with Crippen LogP contribution in [-0.4, -0.2) is 129 Å². The van der Waals surface area contributed by atoms with Gasteiger partial charge in [-0.2, -0.15) is 0 Å². The first kappa shape index (κ1) is 33.9. The first-order chi connectivity index (χ1) is 19.7. The standard InChI is InChI=1S/C29H50O13/c1-14(6-5-8-28(3)16-7-9-29(28,4)19(32)10-16)12-39-27-25(23(36)20(33)17(11-30)40-27)42-26-24(37)22(35)21(34)18(41-26)13-38-15(2)31/h14,16-27,30,32-37H,5-13H2,1-4H3/t14-,16+,17-,18-,19-,20-,21-,22+,23+,24-,25-,26+,27-,28-,29-/m1/s1. The topological polar surface area (TPSA) is 205 Å². The molecule has 2 aliphatic heterocycles. The van der Waals surface area contributed by atoms with Gasteiger partial charge in [0.05, 0.1) is 19.3 Å². The predicted molar refractivity (Wildman–Crippen MR) is 144 cm³/mol. The maximum atomic E-state index is 11.2. The number of aliphatic hydroxyl groups is 7. The second-order valence-electron chi connectivity index (χ2n) is 13.3. The lowest BCUT2D eigenvalue weighted by Gasteiger charge is -2.46. The molecule has 0 spiro atoms. The summed E-state index contributed by atoms with van der Waals surface area (Å²) in [4.78, 5) is 11.2. The molecule has 0 aromatic heterocycles. The Morgan fingerprint density at radius 3 is 2.21 bits per heavy atom. The van der Waals surface area contributed by atoms with Crippen LogP contribution in [0.5, 0.6) is 0 Å². The summed E-state index contributed by atoms with van der Waals surface area (Å²) in [7, 11) is 0. The monoisotopic (exact) mass is 606 g/mol. The van der Waals surface area contributed by atoms with E-state index in [1.807, 2.05) is 6.92 Å². The van der Waals surface area contributed by atoms with Crippen molar-refractivity contribution in [1.82, 2.24) is 0 Å². The average molecular weight is 607 g/mol. The molecule has 244 valence electrons. The molecule has 2 bridgehead atoms. The van der Waals surface area contributed by atoms with Crippen molar-refractivity contribution in [3.63, 3.8) is 0 Å². The molecule has 2 saturated heterocycles. The maximum absolute atomic E-state index is 11.2. The lowest BCUT2D eigenvalue weighted by Crippen LogP contribution is -2.64. The molecule has 42 heavy (non-hydrogen) atoms. The zero-order valence-corrected chi connectivity index (χ0v) is 24.9. The fraction of sp³-hybridized carbons (Fsp3) is 0.966. The van der Waals surface area contributed by atoms with Crippen LogP contribution < -0.4 is 0 Å². The summed E-state index contributed by atoms with van der Waals surface area (Å²) in [6, 6.07) is 0. The van der Waals surface area contributed by atoms with Gasteiger partial charge in [0.2, 0.25) is 0 Å². The molecule has 0 unspecified atom stereocenters. The second kappa shape index (κ2) is 13.6. The van der Waals surface area contributed by atoms with Crippen LogP contribution in [0.3, 0.4) is 0 Å². The first-order valence-corrected chi connectivity index (χ1v) is 15.1. The molecule has 13 heteroatoms. The highest BCUT2D eigenvalue weighted by atomic mass is 16.8. The van der Waals surface area contributed by atoms with E-state index in [9.17, 15) is 40.5 Å². The van der Waals surface area contributed by atoms with Crippen molar-refractivity contribution in [3.8, 4) is 0 Å². The Bertz CT molecular complexity index is 907. The highest BCUT2D eigenvalue weighted by Gasteiger charge is 2.62. The Balaban J connectivity index is 1.36. The fourth-order valence-electron chi connectivity index (χ4n) is 7.51. The van der Waals surface area contributed by atoms with Crippen molar-refractivity contribution in [2.45, 2.75) is 134 Å². The van der Waals surface area contributed by atoms with Crippen molar-refractivity contribution in [2.24, 2.45) is 22.7 Å². The Kier molecular flexibility index (Phi) is 11.0. The molecule has 4 aliphatic rings. The summed E-state index contributed by atoms with van der Waals surface area (Å²) in [5.41, 5.74) is 0.0417. The van der Waals surface area contributed by atoms with Gasteiger partial charge in [0, 0.05) is 6.92 Å². The molecule has 0 radical (unpaired) electrons. The van der Waals surface area contributed by atoms with Crippen LogP contribution in [0.1, 0.15) is 66.2 Å². The van der Waals surface area contributed by atoms with E-state index in [4.69, 9.17) is 23.7 Å². The van der Waals surface area contributed by atoms with E-state index in [1.165, 1.54) is 0 Å². The number of hydrogen-bond donors (Lipinski definition) is 7. The highest BCUT2D eigenvalue weighted by Crippen LogP contribution is 2.67. The van der Waals surface area contributed by atoms with Crippen LogP contribution >= 0.6 is 0 Å². The maximum Gasteiger partial charge on any atom is 0.302 e. The zero-order chi connectivity index (χ0) is 31.0.